The van der Waals surface area contributed by atoms with E-state index in [0.717, 1.165) is 18.2 Å². The van der Waals surface area contributed by atoms with Crippen molar-refractivity contribution in [1.82, 2.24) is 20.6 Å². The van der Waals surface area contributed by atoms with Gasteiger partial charge >= 0.3 is 5.63 Å². The van der Waals surface area contributed by atoms with Crippen LogP contribution < -0.4 is 10.4 Å². The summed E-state index contributed by atoms with van der Waals surface area (Å²) in [5, 5.41) is 14.1. The number of unbranched alkanes of at least 4 members (excludes halogenated alkanes) is 1. The van der Waals surface area contributed by atoms with Gasteiger partial charge in [0.15, 0.2) is 11.3 Å². The Morgan fingerprint density at radius 1 is 1.38 bits per heavy atom. The van der Waals surface area contributed by atoms with Crippen LogP contribution in [0.3, 0.4) is 0 Å². The summed E-state index contributed by atoms with van der Waals surface area (Å²) in [6, 6.07) is 7.16. The van der Waals surface area contributed by atoms with Gasteiger partial charge in [-0.3, -0.25) is 0 Å². The van der Waals surface area contributed by atoms with Crippen LogP contribution in [0.5, 0.6) is 5.75 Å². The number of benzene rings is 1. The molecule has 0 aliphatic rings. The summed E-state index contributed by atoms with van der Waals surface area (Å²) < 4.78 is 11.0. The number of hydrogen-bond donors (Lipinski definition) is 1. The summed E-state index contributed by atoms with van der Waals surface area (Å²) in [6.45, 7) is 2.68. The third kappa shape index (κ3) is 2.62. The van der Waals surface area contributed by atoms with Crippen LogP contribution in [0.25, 0.3) is 22.4 Å². The van der Waals surface area contributed by atoms with Crippen molar-refractivity contribution in [3.63, 3.8) is 0 Å². The van der Waals surface area contributed by atoms with E-state index in [0.29, 0.717) is 17.9 Å². The number of ether oxygens (including phenoxy) is 1. The highest BCUT2D eigenvalue weighted by atomic mass is 16.5. The lowest BCUT2D eigenvalue weighted by Crippen LogP contribution is -2.05. The van der Waals surface area contributed by atoms with Crippen LogP contribution in [-0.2, 0) is 0 Å². The van der Waals surface area contributed by atoms with Crippen LogP contribution >= 0.6 is 0 Å². The number of hydrogen-bond acceptors (Lipinski definition) is 6. The summed E-state index contributed by atoms with van der Waals surface area (Å²) in [4.78, 5) is 12.1. The second-order valence-corrected chi connectivity index (χ2v) is 4.56. The van der Waals surface area contributed by atoms with Gasteiger partial charge in [-0.05, 0) is 23.8 Å². The largest absolute Gasteiger partial charge is 0.490 e. The Bertz CT molecular complexity index is 796. The molecule has 7 heteroatoms. The minimum Gasteiger partial charge on any atom is -0.490 e. The van der Waals surface area contributed by atoms with Gasteiger partial charge in [0, 0.05) is 5.39 Å². The first kappa shape index (κ1) is 13.3. The van der Waals surface area contributed by atoms with Crippen LogP contribution in [0.2, 0.25) is 0 Å². The Morgan fingerprint density at radius 3 is 3.05 bits per heavy atom. The summed E-state index contributed by atoms with van der Waals surface area (Å²) in [7, 11) is 0. The smallest absolute Gasteiger partial charge is 0.347 e. The molecule has 0 unspecified atom stereocenters. The van der Waals surface area contributed by atoms with Crippen molar-refractivity contribution < 1.29 is 9.15 Å². The van der Waals surface area contributed by atoms with Gasteiger partial charge in [0.25, 0.3) is 0 Å². The molecular formula is C14H14N4O3. The molecule has 0 saturated heterocycles. The fraction of sp³-hybridized carbons (Fsp3) is 0.286. The zero-order valence-corrected chi connectivity index (χ0v) is 11.5. The highest BCUT2D eigenvalue weighted by Gasteiger charge is 2.13. The Hall–Kier alpha value is -2.70. The third-order valence-electron chi connectivity index (χ3n) is 3.07. The first-order valence-corrected chi connectivity index (χ1v) is 6.73. The van der Waals surface area contributed by atoms with Crippen LogP contribution in [0.1, 0.15) is 19.8 Å². The van der Waals surface area contributed by atoms with Crippen molar-refractivity contribution in [3.8, 4) is 17.1 Å². The number of H-pyrrole nitrogens is 1. The third-order valence-corrected chi connectivity index (χ3v) is 3.07. The molecular weight excluding hydrogens is 272 g/mol. The minimum atomic E-state index is -0.518. The average Bonchev–Trinajstić information content (AvgIpc) is 3.01. The molecule has 0 radical (unpaired) electrons. The number of aromatic nitrogens is 4. The summed E-state index contributed by atoms with van der Waals surface area (Å²) in [5.41, 5.74) is 0.184. The minimum absolute atomic E-state index is 0.211. The predicted molar refractivity (Wildman–Crippen MR) is 76.1 cm³/mol. The van der Waals surface area contributed by atoms with E-state index < -0.39 is 5.63 Å². The van der Waals surface area contributed by atoms with Crippen molar-refractivity contribution in [3.05, 3.63) is 34.7 Å². The van der Waals surface area contributed by atoms with Gasteiger partial charge < -0.3 is 9.15 Å². The van der Waals surface area contributed by atoms with Crippen LogP contribution in [-0.4, -0.2) is 27.2 Å². The van der Waals surface area contributed by atoms with Crippen LogP contribution in [0, 0.1) is 0 Å². The molecule has 0 bridgehead atoms. The van der Waals surface area contributed by atoms with E-state index in [9.17, 15) is 4.79 Å². The van der Waals surface area contributed by atoms with Gasteiger partial charge in [0.1, 0.15) is 5.56 Å². The molecule has 21 heavy (non-hydrogen) atoms. The van der Waals surface area contributed by atoms with Crippen molar-refractivity contribution in [2.75, 3.05) is 6.61 Å². The summed E-state index contributed by atoms with van der Waals surface area (Å²) in [5.74, 6) is 0.778. The van der Waals surface area contributed by atoms with Gasteiger partial charge in [-0.25, -0.2) is 4.79 Å². The lowest BCUT2D eigenvalue weighted by molar-refractivity contribution is 0.307. The van der Waals surface area contributed by atoms with Gasteiger partial charge in [0.05, 0.1) is 6.61 Å². The highest BCUT2D eigenvalue weighted by Crippen LogP contribution is 2.26. The molecule has 0 aliphatic heterocycles. The highest BCUT2D eigenvalue weighted by molar-refractivity contribution is 5.85. The van der Waals surface area contributed by atoms with Crippen molar-refractivity contribution in [1.29, 1.82) is 0 Å². The molecule has 7 nitrogen and oxygen atoms in total. The SMILES string of the molecule is CCCCOc1cccc2cc(-c3nn[nH]n3)c(=O)oc12. The molecule has 2 aromatic heterocycles. The fourth-order valence-electron chi connectivity index (χ4n) is 1.99. The maximum Gasteiger partial charge on any atom is 0.347 e. The van der Waals surface area contributed by atoms with Crippen LogP contribution in [0.4, 0.5) is 0 Å². The maximum absolute atomic E-state index is 12.1. The fourth-order valence-corrected chi connectivity index (χ4v) is 1.99. The van der Waals surface area contributed by atoms with E-state index in [2.05, 4.69) is 27.5 Å². The molecule has 0 amide bonds. The average molecular weight is 286 g/mol. The van der Waals surface area contributed by atoms with Crippen molar-refractivity contribution >= 4 is 11.0 Å². The number of nitrogens with zero attached hydrogens (tertiary/aromatic N) is 3. The zero-order valence-electron chi connectivity index (χ0n) is 11.5. The number of rotatable bonds is 5. The first-order valence-electron chi connectivity index (χ1n) is 6.73. The van der Waals surface area contributed by atoms with E-state index in [1.165, 1.54) is 0 Å². The van der Waals surface area contributed by atoms with Crippen molar-refractivity contribution in [2.24, 2.45) is 0 Å². The number of para-hydroxylation sites is 1. The van der Waals surface area contributed by atoms with E-state index in [1.54, 1.807) is 12.1 Å². The van der Waals surface area contributed by atoms with Crippen LogP contribution in [0.15, 0.2) is 33.5 Å². The number of tetrazole rings is 1. The first-order chi connectivity index (χ1) is 10.3. The molecule has 0 saturated carbocycles. The van der Waals surface area contributed by atoms with E-state index >= 15 is 0 Å². The second-order valence-electron chi connectivity index (χ2n) is 4.56. The second kappa shape index (κ2) is 5.74. The number of fused-ring (bicyclic) bond motifs is 1. The zero-order chi connectivity index (χ0) is 14.7. The summed E-state index contributed by atoms with van der Waals surface area (Å²) in [6.07, 6.45) is 1.98. The molecule has 0 fully saturated rings. The summed E-state index contributed by atoms with van der Waals surface area (Å²) >= 11 is 0. The van der Waals surface area contributed by atoms with E-state index in [-0.39, 0.29) is 11.4 Å². The Morgan fingerprint density at radius 2 is 2.29 bits per heavy atom. The van der Waals surface area contributed by atoms with E-state index in [4.69, 9.17) is 9.15 Å². The topological polar surface area (TPSA) is 93.9 Å². The van der Waals surface area contributed by atoms with Gasteiger partial charge in [-0.2, -0.15) is 5.21 Å². The molecule has 3 rings (SSSR count). The monoisotopic (exact) mass is 286 g/mol. The van der Waals surface area contributed by atoms with Gasteiger partial charge in [0.2, 0.25) is 5.82 Å². The quantitative estimate of drug-likeness (QED) is 0.570. The van der Waals surface area contributed by atoms with Gasteiger partial charge in [-0.1, -0.05) is 25.5 Å². The Balaban J connectivity index is 2.06. The lowest BCUT2D eigenvalue weighted by atomic mass is 10.1. The molecule has 1 aromatic carbocycles. The number of aromatic amines is 1. The molecule has 0 atom stereocenters. The molecule has 2 heterocycles. The molecule has 0 aliphatic carbocycles. The Kier molecular flexibility index (Phi) is 3.63. The predicted octanol–water partition coefficient (Wildman–Crippen LogP) is 2.15. The standard InChI is InChI=1S/C14H14N4O3/c1-2-3-7-20-11-6-4-5-9-8-10(13-15-17-18-16-13)14(19)21-12(9)11/h4-6,8H,2-3,7H2,1H3,(H,15,16,17,18). The molecule has 108 valence electrons. The maximum atomic E-state index is 12.1. The molecule has 3 aromatic rings. The van der Waals surface area contributed by atoms with Gasteiger partial charge in [-0.15, -0.1) is 10.2 Å². The normalized spacial score (nSPS) is 10.9. The number of nitrogens with one attached hydrogen (secondary N) is 1. The van der Waals surface area contributed by atoms with E-state index in [1.807, 2.05) is 12.1 Å². The Labute approximate surface area is 119 Å². The van der Waals surface area contributed by atoms with Crippen molar-refractivity contribution in [2.45, 2.75) is 19.8 Å². The molecule has 0 spiro atoms. The lowest BCUT2D eigenvalue weighted by Gasteiger charge is -2.07. The molecule has 1 N–H and O–H groups in total.